The van der Waals surface area contributed by atoms with E-state index in [1.165, 1.54) is 0 Å². The van der Waals surface area contributed by atoms with Gasteiger partial charge in [-0.25, -0.2) is 4.79 Å². The summed E-state index contributed by atoms with van der Waals surface area (Å²) < 4.78 is 47.0. The molecule has 1 aliphatic heterocycles. The molecule has 1 atom stereocenters. The molecule has 0 radical (unpaired) electrons. The third-order valence-corrected chi connectivity index (χ3v) is 2.19. The SMILES string of the molecule is C=C1COCC(C)(C(F)(F)F)COC1=O. The maximum atomic E-state index is 12.6. The average Bonchev–Trinajstić information content (AvgIpc) is 2.10. The van der Waals surface area contributed by atoms with Gasteiger partial charge in [0.05, 0.1) is 18.8 Å². The zero-order valence-corrected chi connectivity index (χ0v) is 8.19. The Morgan fingerprint density at radius 3 is 2.53 bits per heavy atom. The highest BCUT2D eigenvalue weighted by Crippen LogP contribution is 2.39. The fourth-order valence-corrected chi connectivity index (χ4v) is 0.991. The van der Waals surface area contributed by atoms with Gasteiger partial charge >= 0.3 is 12.1 Å². The molecule has 0 saturated carbocycles. The lowest BCUT2D eigenvalue weighted by Gasteiger charge is -2.32. The predicted octanol–water partition coefficient (Wildman–Crippen LogP) is 1.68. The summed E-state index contributed by atoms with van der Waals surface area (Å²) in [7, 11) is 0. The predicted molar refractivity (Wildman–Crippen MR) is 45.1 cm³/mol. The molecule has 0 aromatic heterocycles. The van der Waals surface area contributed by atoms with E-state index in [2.05, 4.69) is 11.3 Å². The lowest BCUT2D eigenvalue weighted by atomic mass is 9.92. The van der Waals surface area contributed by atoms with Gasteiger partial charge < -0.3 is 9.47 Å². The molecular formula is C9H11F3O3. The van der Waals surface area contributed by atoms with Crippen LogP contribution in [0, 0.1) is 5.41 Å². The van der Waals surface area contributed by atoms with Crippen molar-refractivity contribution in [1.29, 1.82) is 0 Å². The van der Waals surface area contributed by atoms with Crippen LogP contribution in [0.3, 0.4) is 0 Å². The fraction of sp³-hybridized carbons (Fsp3) is 0.667. The molecule has 0 bridgehead atoms. The number of hydrogen-bond acceptors (Lipinski definition) is 3. The molecule has 1 rings (SSSR count). The highest BCUT2D eigenvalue weighted by Gasteiger charge is 2.53. The van der Waals surface area contributed by atoms with E-state index in [4.69, 9.17) is 4.74 Å². The van der Waals surface area contributed by atoms with Crippen LogP contribution in [0.2, 0.25) is 0 Å². The molecule has 1 unspecified atom stereocenters. The number of esters is 1. The van der Waals surface area contributed by atoms with Crippen LogP contribution in [-0.4, -0.2) is 32.0 Å². The van der Waals surface area contributed by atoms with Crippen LogP contribution in [0.15, 0.2) is 12.2 Å². The maximum Gasteiger partial charge on any atom is 0.399 e. The zero-order chi connectivity index (χ0) is 11.7. The van der Waals surface area contributed by atoms with E-state index in [0.717, 1.165) is 6.92 Å². The Labute approximate surface area is 84.8 Å². The van der Waals surface area contributed by atoms with Crippen LogP contribution in [0.1, 0.15) is 6.92 Å². The molecule has 1 fully saturated rings. The Kier molecular flexibility index (Phi) is 3.08. The first kappa shape index (κ1) is 12.0. The summed E-state index contributed by atoms with van der Waals surface area (Å²) in [5.41, 5.74) is -2.12. The number of halogens is 3. The Morgan fingerprint density at radius 1 is 1.40 bits per heavy atom. The van der Waals surface area contributed by atoms with Crippen LogP contribution < -0.4 is 0 Å². The van der Waals surface area contributed by atoms with E-state index >= 15 is 0 Å². The zero-order valence-electron chi connectivity index (χ0n) is 8.19. The van der Waals surface area contributed by atoms with E-state index in [9.17, 15) is 18.0 Å². The lowest BCUT2D eigenvalue weighted by molar-refractivity contribution is -0.249. The minimum atomic E-state index is -4.47. The second-order valence-corrected chi connectivity index (χ2v) is 3.73. The Balaban J connectivity index is 2.79. The fourth-order valence-electron chi connectivity index (χ4n) is 0.991. The van der Waals surface area contributed by atoms with Gasteiger partial charge in [-0.1, -0.05) is 6.58 Å². The second-order valence-electron chi connectivity index (χ2n) is 3.73. The van der Waals surface area contributed by atoms with E-state index in [0.29, 0.717) is 0 Å². The molecule has 1 heterocycles. The van der Waals surface area contributed by atoms with E-state index in [1.54, 1.807) is 0 Å². The minimum absolute atomic E-state index is 0.0271. The topological polar surface area (TPSA) is 35.5 Å². The van der Waals surface area contributed by atoms with Gasteiger partial charge in [-0.15, -0.1) is 0 Å². The molecule has 0 N–H and O–H groups in total. The quantitative estimate of drug-likeness (QED) is 0.464. The van der Waals surface area contributed by atoms with E-state index in [-0.39, 0.29) is 12.2 Å². The van der Waals surface area contributed by atoms with Crippen molar-refractivity contribution in [1.82, 2.24) is 0 Å². The number of carbonyl (C=O) groups is 1. The Bertz CT molecular complexity index is 285. The minimum Gasteiger partial charge on any atom is -0.461 e. The molecule has 0 aromatic carbocycles. The molecule has 1 aliphatic rings. The Hall–Kier alpha value is -1.04. The van der Waals surface area contributed by atoms with Gasteiger partial charge in [0.15, 0.2) is 0 Å². The summed E-state index contributed by atoms with van der Waals surface area (Å²) >= 11 is 0. The van der Waals surface area contributed by atoms with Crippen LogP contribution in [0.25, 0.3) is 0 Å². The first-order valence-corrected chi connectivity index (χ1v) is 4.26. The van der Waals surface area contributed by atoms with Gasteiger partial charge in [0.2, 0.25) is 0 Å². The number of alkyl halides is 3. The van der Waals surface area contributed by atoms with Crippen LogP contribution in [-0.2, 0) is 14.3 Å². The van der Waals surface area contributed by atoms with Crippen LogP contribution in [0.4, 0.5) is 13.2 Å². The number of carbonyl (C=O) groups excluding carboxylic acids is 1. The summed E-state index contributed by atoms with van der Waals surface area (Å²) in [6.45, 7) is 2.77. The summed E-state index contributed by atoms with van der Waals surface area (Å²) in [4.78, 5) is 11.0. The average molecular weight is 224 g/mol. The highest BCUT2D eigenvalue weighted by molar-refractivity contribution is 5.88. The van der Waals surface area contributed by atoms with Crippen molar-refractivity contribution < 1.29 is 27.4 Å². The van der Waals surface area contributed by atoms with Gasteiger partial charge in [-0.05, 0) is 6.92 Å². The van der Waals surface area contributed by atoms with Crippen LogP contribution >= 0.6 is 0 Å². The molecule has 0 amide bonds. The highest BCUT2D eigenvalue weighted by atomic mass is 19.4. The molecule has 1 saturated heterocycles. The molecule has 3 nitrogen and oxygen atoms in total. The van der Waals surface area contributed by atoms with Gasteiger partial charge in [0, 0.05) is 0 Å². The van der Waals surface area contributed by atoms with Crippen molar-refractivity contribution in [3.63, 3.8) is 0 Å². The van der Waals surface area contributed by atoms with Gasteiger partial charge in [-0.2, -0.15) is 13.2 Å². The summed E-state index contributed by atoms with van der Waals surface area (Å²) in [5, 5.41) is 0. The third kappa shape index (κ3) is 2.50. The van der Waals surface area contributed by atoms with Crippen molar-refractivity contribution in [2.24, 2.45) is 5.41 Å². The Morgan fingerprint density at radius 2 is 2.00 bits per heavy atom. The van der Waals surface area contributed by atoms with Crippen molar-refractivity contribution in [3.05, 3.63) is 12.2 Å². The monoisotopic (exact) mass is 224 g/mol. The second kappa shape index (κ2) is 3.84. The van der Waals surface area contributed by atoms with E-state index < -0.39 is 30.8 Å². The van der Waals surface area contributed by atoms with Crippen molar-refractivity contribution in [3.8, 4) is 0 Å². The lowest BCUT2D eigenvalue weighted by Crippen LogP contribution is -2.45. The van der Waals surface area contributed by atoms with Crippen molar-refractivity contribution in [2.75, 3.05) is 19.8 Å². The summed E-state index contributed by atoms with van der Waals surface area (Å²) in [6, 6.07) is 0. The molecule has 0 spiro atoms. The maximum absolute atomic E-state index is 12.6. The van der Waals surface area contributed by atoms with Gasteiger partial charge in [-0.3, -0.25) is 0 Å². The van der Waals surface area contributed by atoms with Gasteiger partial charge in [0.1, 0.15) is 12.0 Å². The standard InChI is InChI=1S/C9H11F3O3/c1-6-3-14-4-8(2,9(10,11)12)5-15-7(6)13/h1,3-5H2,2H3. The van der Waals surface area contributed by atoms with Gasteiger partial charge in [0.25, 0.3) is 0 Å². The molecule has 86 valence electrons. The van der Waals surface area contributed by atoms with Crippen molar-refractivity contribution >= 4 is 5.97 Å². The largest absolute Gasteiger partial charge is 0.461 e. The molecule has 6 heteroatoms. The van der Waals surface area contributed by atoms with Crippen LogP contribution in [0.5, 0.6) is 0 Å². The first-order valence-electron chi connectivity index (χ1n) is 4.26. The number of hydrogen-bond donors (Lipinski definition) is 0. The normalized spacial score (nSPS) is 29.3. The summed E-state index contributed by atoms with van der Waals surface area (Å²) in [6.07, 6.45) is -4.47. The molecule has 15 heavy (non-hydrogen) atoms. The molecule has 0 aliphatic carbocycles. The first-order chi connectivity index (χ1) is 6.76. The molecular weight excluding hydrogens is 213 g/mol. The third-order valence-electron chi connectivity index (χ3n) is 2.19. The van der Waals surface area contributed by atoms with E-state index in [1.807, 2.05) is 0 Å². The number of rotatable bonds is 0. The summed E-state index contributed by atoms with van der Waals surface area (Å²) in [5.74, 6) is -0.842. The van der Waals surface area contributed by atoms with Crippen molar-refractivity contribution in [2.45, 2.75) is 13.1 Å². The smallest absolute Gasteiger partial charge is 0.399 e. The molecule has 0 aromatic rings. The number of ether oxygens (including phenoxy) is 2. The number of cyclic esters (lactones) is 1.